The zero-order chi connectivity index (χ0) is 27.1. The van der Waals surface area contributed by atoms with Gasteiger partial charge in [-0.1, -0.05) is 53.8 Å². The van der Waals surface area contributed by atoms with Crippen molar-refractivity contribution in [2.75, 3.05) is 18.6 Å². The van der Waals surface area contributed by atoms with Gasteiger partial charge >= 0.3 is 0 Å². The second-order valence-corrected chi connectivity index (χ2v) is 9.33. The number of anilines is 1. The van der Waals surface area contributed by atoms with Gasteiger partial charge in [-0.15, -0.1) is 0 Å². The summed E-state index contributed by atoms with van der Waals surface area (Å²) in [5.74, 6) is -1.53. The minimum atomic E-state index is -1.10. The van der Waals surface area contributed by atoms with Crippen molar-refractivity contribution < 1.29 is 23.5 Å². The van der Waals surface area contributed by atoms with Gasteiger partial charge in [0.2, 0.25) is 0 Å². The Balaban J connectivity index is 1.26. The average Bonchev–Trinajstić information content (AvgIpc) is 3.65. The molecule has 3 amide bonds. The fourth-order valence-electron chi connectivity index (χ4n) is 5.07. The van der Waals surface area contributed by atoms with Crippen LogP contribution < -0.4 is 9.64 Å². The number of imide groups is 1. The van der Waals surface area contributed by atoms with Gasteiger partial charge in [0, 0.05) is 6.42 Å². The first kappa shape index (κ1) is 24.4. The van der Waals surface area contributed by atoms with E-state index in [0.717, 1.165) is 27.8 Å². The number of nitrogens with zero attached hydrogens (tertiary/aromatic N) is 6. The largest absolute Gasteiger partial charge is 0.497 e. The predicted octanol–water partition coefficient (Wildman–Crippen LogP) is 3.51. The van der Waals surface area contributed by atoms with Crippen molar-refractivity contribution in [1.82, 2.24) is 10.0 Å². The summed E-state index contributed by atoms with van der Waals surface area (Å²) in [6, 6.07) is 19.6. The topological polar surface area (TPSA) is 107 Å². The Morgan fingerprint density at radius 1 is 1.00 bits per heavy atom. The van der Waals surface area contributed by atoms with Crippen LogP contribution in [-0.4, -0.2) is 59.2 Å². The zero-order valence-corrected chi connectivity index (χ0v) is 20.8. The highest BCUT2D eigenvalue weighted by atomic mass is 19.1. The number of benzene rings is 3. The molecule has 0 radical (unpaired) electrons. The fraction of sp³-hybridized carbons (Fsp3) is 0.214. The summed E-state index contributed by atoms with van der Waals surface area (Å²) >= 11 is 0. The van der Waals surface area contributed by atoms with Crippen molar-refractivity contribution in [3.63, 3.8) is 0 Å². The molecule has 3 aromatic rings. The number of fused-ring (bicyclic) bond motifs is 1. The van der Waals surface area contributed by atoms with E-state index in [1.165, 1.54) is 28.2 Å². The smallest absolute Gasteiger partial charge is 0.264 e. The molecule has 3 atom stereocenters. The SMILES string of the molecule is COc1ccc([C@@H]2CC(c3ccccc3)=NN2C(=O)CN2N=N[C@@H]3C(=O)N(c4cccc(F)c4)C(=O)[C@H]32)cc1. The van der Waals surface area contributed by atoms with Crippen LogP contribution in [0.1, 0.15) is 23.6 Å². The molecule has 0 aliphatic carbocycles. The zero-order valence-electron chi connectivity index (χ0n) is 20.8. The number of hydrogen-bond acceptors (Lipinski definition) is 8. The maximum atomic E-state index is 13.8. The molecule has 0 saturated carbocycles. The molecule has 1 saturated heterocycles. The lowest BCUT2D eigenvalue weighted by atomic mass is 9.98. The van der Waals surface area contributed by atoms with E-state index in [4.69, 9.17) is 4.74 Å². The lowest BCUT2D eigenvalue weighted by Gasteiger charge is -2.25. The van der Waals surface area contributed by atoms with E-state index in [1.54, 1.807) is 7.11 Å². The highest BCUT2D eigenvalue weighted by Gasteiger charge is 2.55. The third-order valence-corrected chi connectivity index (χ3v) is 7.00. The van der Waals surface area contributed by atoms with Crippen LogP contribution >= 0.6 is 0 Å². The Morgan fingerprint density at radius 2 is 1.77 bits per heavy atom. The average molecular weight is 527 g/mol. The van der Waals surface area contributed by atoms with Gasteiger partial charge in [-0.05, 0) is 41.5 Å². The van der Waals surface area contributed by atoms with E-state index in [9.17, 15) is 18.8 Å². The van der Waals surface area contributed by atoms with Gasteiger partial charge in [0.25, 0.3) is 17.7 Å². The van der Waals surface area contributed by atoms with Gasteiger partial charge < -0.3 is 4.74 Å². The minimum Gasteiger partial charge on any atom is -0.497 e. The molecule has 0 aromatic heterocycles. The summed E-state index contributed by atoms with van der Waals surface area (Å²) in [4.78, 5) is 40.8. The van der Waals surface area contributed by atoms with E-state index >= 15 is 0 Å². The predicted molar refractivity (Wildman–Crippen MR) is 138 cm³/mol. The van der Waals surface area contributed by atoms with Crippen molar-refractivity contribution in [2.45, 2.75) is 24.5 Å². The molecular weight excluding hydrogens is 503 g/mol. The van der Waals surface area contributed by atoms with E-state index in [-0.39, 0.29) is 12.2 Å². The summed E-state index contributed by atoms with van der Waals surface area (Å²) in [6.45, 7) is -0.321. The third kappa shape index (κ3) is 4.31. The maximum absolute atomic E-state index is 13.8. The van der Waals surface area contributed by atoms with E-state index in [0.29, 0.717) is 12.2 Å². The molecule has 11 heteroatoms. The van der Waals surface area contributed by atoms with Crippen LogP contribution in [0, 0.1) is 5.82 Å². The molecule has 10 nitrogen and oxygen atoms in total. The second-order valence-electron chi connectivity index (χ2n) is 9.33. The van der Waals surface area contributed by atoms with Crippen LogP contribution in [0.5, 0.6) is 5.75 Å². The van der Waals surface area contributed by atoms with Crippen molar-refractivity contribution in [3.8, 4) is 5.75 Å². The number of carbonyl (C=O) groups is 3. The molecule has 0 spiro atoms. The van der Waals surface area contributed by atoms with Crippen LogP contribution in [0.2, 0.25) is 0 Å². The number of carbonyl (C=O) groups excluding carboxylic acids is 3. The van der Waals surface area contributed by atoms with Crippen LogP contribution in [-0.2, 0) is 14.4 Å². The maximum Gasteiger partial charge on any atom is 0.264 e. The van der Waals surface area contributed by atoms with Gasteiger partial charge in [-0.3, -0.25) is 19.4 Å². The van der Waals surface area contributed by atoms with Crippen molar-refractivity contribution in [2.24, 2.45) is 15.4 Å². The van der Waals surface area contributed by atoms with Gasteiger partial charge in [-0.2, -0.15) is 10.2 Å². The number of halogens is 1. The highest BCUT2D eigenvalue weighted by molar-refractivity contribution is 6.25. The minimum absolute atomic E-state index is 0.108. The lowest BCUT2D eigenvalue weighted by molar-refractivity contribution is -0.135. The van der Waals surface area contributed by atoms with Crippen LogP contribution in [0.4, 0.5) is 10.1 Å². The lowest BCUT2D eigenvalue weighted by Crippen LogP contribution is -2.44. The van der Waals surface area contributed by atoms with E-state index in [2.05, 4.69) is 15.4 Å². The summed E-state index contributed by atoms with van der Waals surface area (Å²) < 4.78 is 19.1. The molecule has 3 heterocycles. The quantitative estimate of drug-likeness (QED) is 0.457. The Bertz CT molecular complexity index is 1510. The van der Waals surface area contributed by atoms with E-state index in [1.807, 2.05) is 54.6 Å². The van der Waals surface area contributed by atoms with Crippen LogP contribution in [0.25, 0.3) is 0 Å². The number of methoxy groups -OCH3 is 1. The Labute approximate surface area is 223 Å². The first-order chi connectivity index (χ1) is 18.9. The summed E-state index contributed by atoms with van der Waals surface area (Å²) in [5.41, 5.74) is 2.62. The Hall–Kier alpha value is -4.93. The normalized spacial score (nSPS) is 21.9. The standard InChI is InChI=1S/C28H23FN6O4/c1-39-21-12-10-18(11-13-21)23-15-22(17-6-3-2-4-7-17)31-35(23)24(36)16-33-26-25(30-32-33)27(37)34(28(26)38)20-9-5-8-19(29)14-20/h2-14,23,25-26H,15-16H2,1H3/t23-,25-,26-/m0/s1. The van der Waals surface area contributed by atoms with Crippen LogP contribution in [0.15, 0.2) is 94.3 Å². The number of amides is 3. The first-order valence-electron chi connectivity index (χ1n) is 12.3. The van der Waals surface area contributed by atoms with Crippen molar-refractivity contribution in [1.29, 1.82) is 0 Å². The number of rotatable bonds is 6. The molecule has 0 bridgehead atoms. The Kier molecular flexibility index (Phi) is 6.10. The molecular formula is C28H23FN6O4. The Morgan fingerprint density at radius 3 is 2.49 bits per heavy atom. The molecule has 6 rings (SSSR count). The molecule has 1 fully saturated rings. The fourth-order valence-corrected chi connectivity index (χ4v) is 5.07. The van der Waals surface area contributed by atoms with Gasteiger partial charge in [0.1, 0.15) is 18.1 Å². The summed E-state index contributed by atoms with van der Waals surface area (Å²) in [5, 5.41) is 15.2. The molecule has 196 valence electrons. The highest BCUT2D eigenvalue weighted by Crippen LogP contribution is 2.36. The molecule has 0 N–H and O–H groups in total. The first-order valence-corrected chi connectivity index (χ1v) is 12.3. The van der Waals surface area contributed by atoms with Crippen molar-refractivity contribution >= 4 is 29.1 Å². The monoisotopic (exact) mass is 526 g/mol. The number of hydrazone groups is 1. The second kappa shape index (κ2) is 9.75. The molecule has 0 unspecified atom stereocenters. The van der Waals surface area contributed by atoms with E-state index < -0.39 is 41.7 Å². The van der Waals surface area contributed by atoms with Gasteiger partial charge in [0.15, 0.2) is 12.1 Å². The molecule has 3 aliphatic heterocycles. The number of hydrogen-bond donors (Lipinski definition) is 0. The molecule has 3 aliphatic rings. The number of ether oxygens (including phenoxy) is 1. The van der Waals surface area contributed by atoms with Gasteiger partial charge in [0.05, 0.1) is 24.6 Å². The molecule has 3 aromatic carbocycles. The third-order valence-electron chi connectivity index (χ3n) is 7.00. The van der Waals surface area contributed by atoms with Crippen LogP contribution in [0.3, 0.4) is 0 Å². The summed E-state index contributed by atoms with van der Waals surface area (Å²) in [6.07, 6.45) is 0.487. The summed E-state index contributed by atoms with van der Waals surface area (Å²) in [7, 11) is 1.58. The van der Waals surface area contributed by atoms with Gasteiger partial charge in [-0.25, -0.2) is 14.3 Å². The molecule has 39 heavy (non-hydrogen) atoms. The van der Waals surface area contributed by atoms with Crippen molar-refractivity contribution in [3.05, 3.63) is 95.8 Å².